The van der Waals surface area contributed by atoms with Gasteiger partial charge in [-0.1, -0.05) is 60.7 Å². The maximum absolute atomic E-state index is 12.7. The van der Waals surface area contributed by atoms with Crippen LogP contribution >= 0.6 is 12.4 Å². The number of nitrogens with two attached hydrogens (primary N) is 1. The Morgan fingerprint density at radius 2 is 1.71 bits per heavy atom. The summed E-state index contributed by atoms with van der Waals surface area (Å²) in [4.78, 5) is 12.7. The molecule has 4 nitrogen and oxygen atoms in total. The van der Waals surface area contributed by atoms with E-state index in [1.807, 2.05) is 60.7 Å². The minimum atomic E-state index is -1.06. The summed E-state index contributed by atoms with van der Waals surface area (Å²) in [6.07, 6.45) is 0.669. The van der Waals surface area contributed by atoms with Crippen LogP contribution in [0.1, 0.15) is 30.6 Å². The Balaban J connectivity index is 0.00000208. The zero-order valence-electron chi connectivity index (χ0n) is 13.6. The number of amides is 1. The molecule has 128 valence electrons. The second-order valence-corrected chi connectivity index (χ2v) is 6.14. The average Bonchev–Trinajstić information content (AvgIpc) is 3.04. The van der Waals surface area contributed by atoms with Gasteiger partial charge in [-0.2, -0.15) is 0 Å². The molecule has 1 aliphatic heterocycles. The largest absolute Gasteiger partial charge is 0.371 e. The van der Waals surface area contributed by atoms with E-state index in [1.165, 1.54) is 0 Å². The third-order valence-electron chi connectivity index (χ3n) is 4.38. The summed E-state index contributed by atoms with van der Waals surface area (Å²) < 4.78 is 5.82. The van der Waals surface area contributed by atoms with Gasteiger partial charge < -0.3 is 15.8 Å². The van der Waals surface area contributed by atoms with Crippen LogP contribution in [-0.4, -0.2) is 18.6 Å². The molecule has 3 rings (SSSR count). The summed E-state index contributed by atoms with van der Waals surface area (Å²) in [5.74, 6) is -0.180. The normalized spacial score (nSPS) is 22.2. The summed E-state index contributed by atoms with van der Waals surface area (Å²) in [5, 5.41) is 3.08. The van der Waals surface area contributed by atoms with E-state index in [0.717, 1.165) is 17.5 Å². The van der Waals surface area contributed by atoms with Crippen LogP contribution in [0, 0.1) is 0 Å². The Kier molecular flexibility index (Phi) is 5.99. The van der Waals surface area contributed by atoms with Crippen molar-refractivity contribution in [3.8, 4) is 0 Å². The molecule has 3 unspecified atom stereocenters. The summed E-state index contributed by atoms with van der Waals surface area (Å²) in [6, 6.07) is 19.3. The molecule has 1 heterocycles. The van der Waals surface area contributed by atoms with Crippen LogP contribution in [0.2, 0.25) is 0 Å². The van der Waals surface area contributed by atoms with Gasteiger partial charge >= 0.3 is 0 Å². The first-order chi connectivity index (χ1) is 11.1. The number of halogens is 1. The fourth-order valence-electron chi connectivity index (χ4n) is 2.94. The predicted molar refractivity (Wildman–Crippen MR) is 96.9 cm³/mol. The first-order valence-corrected chi connectivity index (χ1v) is 7.91. The molecule has 0 aliphatic carbocycles. The van der Waals surface area contributed by atoms with Gasteiger partial charge in [0.2, 0.25) is 5.91 Å². The van der Waals surface area contributed by atoms with Gasteiger partial charge in [0.15, 0.2) is 0 Å². The Labute approximate surface area is 148 Å². The van der Waals surface area contributed by atoms with Crippen molar-refractivity contribution < 1.29 is 9.53 Å². The molecule has 5 heteroatoms. The molecule has 1 saturated heterocycles. The summed E-state index contributed by atoms with van der Waals surface area (Å²) >= 11 is 0. The SMILES string of the molecule is CC(N)(C(=O)NC1CCOC1c1ccccc1)c1ccccc1.Cl. The van der Waals surface area contributed by atoms with E-state index in [1.54, 1.807) is 6.92 Å². The first-order valence-electron chi connectivity index (χ1n) is 7.91. The molecule has 1 fully saturated rings. The summed E-state index contributed by atoms with van der Waals surface area (Å²) in [7, 11) is 0. The van der Waals surface area contributed by atoms with Gasteiger partial charge in [-0.15, -0.1) is 12.4 Å². The Bertz CT molecular complexity index is 662. The Morgan fingerprint density at radius 3 is 2.33 bits per heavy atom. The molecule has 0 bridgehead atoms. The molecule has 2 aromatic rings. The van der Waals surface area contributed by atoms with Gasteiger partial charge in [-0.3, -0.25) is 4.79 Å². The number of hydrogen-bond donors (Lipinski definition) is 2. The van der Waals surface area contributed by atoms with Gasteiger partial charge in [0.1, 0.15) is 11.6 Å². The van der Waals surface area contributed by atoms with Crippen LogP contribution < -0.4 is 11.1 Å². The highest BCUT2D eigenvalue weighted by Gasteiger charge is 2.36. The maximum atomic E-state index is 12.7. The maximum Gasteiger partial charge on any atom is 0.244 e. The van der Waals surface area contributed by atoms with E-state index < -0.39 is 5.54 Å². The highest BCUT2D eigenvalue weighted by Crippen LogP contribution is 2.30. The van der Waals surface area contributed by atoms with Crippen molar-refractivity contribution in [2.24, 2.45) is 5.73 Å². The van der Waals surface area contributed by atoms with Gasteiger partial charge in [0, 0.05) is 6.61 Å². The first kappa shape index (κ1) is 18.5. The molecule has 24 heavy (non-hydrogen) atoms. The lowest BCUT2D eigenvalue weighted by molar-refractivity contribution is -0.127. The van der Waals surface area contributed by atoms with Crippen molar-refractivity contribution in [3.05, 3.63) is 71.8 Å². The molecule has 0 saturated carbocycles. The summed E-state index contributed by atoms with van der Waals surface area (Å²) in [6.45, 7) is 2.38. The summed E-state index contributed by atoms with van der Waals surface area (Å²) in [5.41, 5.74) is 7.10. The van der Waals surface area contributed by atoms with Crippen molar-refractivity contribution in [1.82, 2.24) is 5.32 Å². The van der Waals surface area contributed by atoms with Crippen molar-refractivity contribution in [2.75, 3.05) is 6.61 Å². The number of nitrogens with one attached hydrogen (secondary N) is 1. The number of benzene rings is 2. The number of ether oxygens (including phenoxy) is 1. The number of carbonyl (C=O) groups excluding carboxylic acids is 1. The minimum Gasteiger partial charge on any atom is -0.371 e. The van der Waals surface area contributed by atoms with E-state index in [-0.39, 0.29) is 30.5 Å². The molecule has 3 atom stereocenters. The second-order valence-electron chi connectivity index (χ2n) is 6.14. The minimum absolute atomic E-state index is 0. The molecular formula is C19H23ClN2O2. The van der Waals surface area contributed by atoms with Crippen molar-refractivity contribution >= 4 is 18.3 Å². The highest BCUT2D eigenvalue weighted by atomic mass is 35.5. The Morgan fingerprint density at radius 1 is 1.12 bits per heavy atom. The predicted octanol–water partition coefficient (Wildman–Crippen LogP) is 2.93. The lowest BCUT2D eigenvalue weighted by atomic mass is 9.91. The third-order valence-corrected chi connectivity index (χ3v) is 4.38. The molecule has 0 aromatic heterocycles. The van der Waals surface area contributed by atoms with Gasteiger partial charge in [0.05, 0.1) is 6.04 Å². The molecule has 0 radical (unpaired) electrons. The van der Waals surface area contributed by atoms with Crippen molar-refractivity contribution in [2.45, 2.75) is 31.0 Å². The van der Waals surface area contributed by atoms with E-state index in [0.29, 0.717) is 6.61 Å². The van der Waals surface area contributed by atoms with E-state index in [9.17, 15) is 4.79 Å². The van der Waals surface area contributed by atoms with Crippen LogP contribution in [0.4, 0.5) is 0 Å². The average molecular weight is 347 g/mol. The zero-order valence-corrected chi connectivity index (χ0v) is 14.5. The smallest absolute Gasteiger partial charge is 0.244 e. The van der Waals surface area contributed by atoms with Crippen LogP contribution in [0.3, 0.4) is 0 Å². The topological polar surface area (TPSA) is 64.4 Å². The lowest BCUT2D eigenvalue weighted by Crippen LogP contribution is -2.52. The Hall–Kier alpha value is -1.88. The molecule has 1 aliphatic rings. The van der Waals surface area contributed by atoms with Crippen LogP contribution in [0.5, 0.6) is 0 Å². The van der Waals surface area contributed by atoms with Crippen molar-refractivity contribution in [1.29, 1.82) is 0 Å². The second kappa shape index (κ2) is 7.79. The van der Waals surface area contributed by atoms with Crippen molar-refractivity contribution in [3.63, 3.8) is 0 Å². The van der Waals surface area contributed by atoms with E-state index >= 15 is 0 Å². The van der Waals surface area contributed by atoms with Gasteiger partial charge in [0.25, 0.3) is 0 Å². The number of hydrogen-bond acceptors (Lipinski definition) is 3. The number of carbonyl (C=O) groups is 1. The van der Waals surface area contributed by atoms with Crippen LogP contribution in [0.15, 0.2) is 60.7 Å². The highest BCUT2D eigenvalue weighted by molar-refractivity contribution is 5.87. The fraction of sp³-hybridized carbons (Fsp3) is 0.316. The molecule has 3 N–H and O–H groups in total. The molecular weight excluding hydrogens is 324 g/mol. The standard InChI is InChI=1S/C19H22N2O2.ClH/c1-19(20,15-10-6-3-7-11-15)18(22)21-16-12-13-23-17(16)14-8-4-2-5-9-14;/h2-11,16-17H,12-13,20H2,1H3,(H,21,22);1H. The molecule has 1 amide bonds. The van der Waals surface area contributed by atoms with E-state index in [4.69, 9.17) is 10.5 Å². The monoisotopic (exact) mass is 346 g/mol. The third kappa shape index (κ3) is 3.78. The lowest BCUT2D eigenvalue weighted by Gasteiger charge is -2.28. The fourth-order valence-corrected chi connectivity index (χ4v) is 2.94. The number of rotatable bonds is 4. The molecule has 2 aromatic carbocycles. The quantitative estimate of drug-likeness (QED) is 0.894. The zero-order chi connectivity index (χ0) is 16.3. The van der Waals surface area contributed by atoms with Gasteiger partial charge in [-0.05, 0) is 24.5 Å². The van der Waals surface area contributed by atoms with Gasteiger partial charge in [-0.25, -0.2) is 0 Å². The van der Waals surface area contributed by atoms with Crippen LogP contribution in [0.25, 0.3) is 0 Å². The molecule has 0 spiro atoms. The van der Waals surface area contributed by atoms with E-state index in [2.05, 4.69) is 5.32 Å². The van der Waals surface area contributed by atoms with Crippen LogP contribution in [-0.2, 0) is 15.1 Å².